The Morgan fingerprint density at radius 2 is 1.95 bits per heavy atom. The Hall–Kier alpha value is -1.55. The van der Waals surface area contributed by atoms with E-state index in [1.54, 1.807) is 19.2 Å². The quantitative estimate of drug-likeness (QED) is 0.776. The molecule has 1 aromatic carbocycles. The van der Waals surface area contributed by atoms with Crippen molar-refractivity contribution in [1.82, 2.24) is 4.90 Å². The van der Waals surface area contributed by atoms with E-state index in [9.17, 15) is 4.79 Å². The van der Waals surface area contributed by atoms with Crippen LogP contribution in [0.4, 0.5) is 0 Å². The fourth-order valence-electron chi connectivity index (χ4n) is 2.54. The summed E-state index contributed by atoms with van der Waals surface area (Å²) in [5.74, 6) is 1.35. The Kier molecular flexibility index (Phi) is 5.01. The molecule has 0 amide bonds. The van der Waals surface area contributed by atoms with Crippen LogP contribution in [0.25, 0.3) is 0 Å². The molecule has 0 saturated carbocycles. The first-order valence-corrected chi connectivity index (χ1v) is 7.18. The molecule has 0 atom stereocenters. The largest absolute Gasteiger partial charge is 0.493 e. The van der Waals surface area contributed by atoms with Crippen molar-refractivity contribution in [3.8, 4) is 11.5 Å². The highest BCUT2D eigenvalue weighted by atomic mass is 16.5. The van der Waals surface area contributed by atoms with Gasteiger partial charge < -0.3 is 14.4 Å². The molecule has 1 fully saturated rings. The molecule has 0 aromatic heterocycles. The van der Waals surface area contributed by atoms with E-state index in [1.807, 2.05) is 6.07 Å². The Morgan fingerprint density at radius 3 is 2.50 bits per heavy atom. The van der Waals surface area contributed by atoms with Gasteiger partial charge in [-0.25, -0.2) is 0 Å². The summed E-state index contributed by atoms with van der Waals surface area (Å²) in [5, 5.41) is 0. The van der Waals surface area contributed by atoms with Crippen molar-refractivity contribution in [1.29, 1.82) is 0 Å². The molecule has 4 heteroatoms. The van der Waals surface area contributed by atoms with Crippen LogP contribution in [0.5, 0.6) is 11.5 Å². The Bertz CT molecular complexity index is 451. The highest BCUT2D eigenvalue weighted by Gasteiger charge is 2.22. The summed E-state index contributed by atoms with van der Waals surface area (Å²) in [6.45, 7) is 6.58. The number of aldehydes is 1. The topological polar surface area (TPSA) is 38.8 Å². The van der Waals surface area contributed by atoms with Gasteiger partial charge in [0.2, 0.25) is 0 Å². The van der Waals surface area contributed by atoms with E-state index in [2.05, 4.69) is 18.7 Å². The standard InChI is InChI=1S/C16H23NO3/c1-12(2)17-8-6-14(7-9-17)20-15-5-4-13(11-18)10-16(15)19-3/h4-5,10-12,14H,6-9H2,1-3H3. The first kappa shape index (κ1) is 14.9. The first-order valence-electron chi connectivity index (χ1n) is 7.18. The van der Waals surface area contributed by atoms with Gasteiger partial charge in [0.05, 0.1) is 7.11 Å². The number of carbonyl (C=O) groups is 1. The van der Waals surface area contributed by atoms with Crippen LogP contribution in [-0.2, 0) is 0 Å². The Labute approximate surface area is 120 Å². The summed E-state index contributed by atoms with van der Waals surface area (Å²) in [6, 6.07) is 5.88. The van der Waals surface area contributed by atoms with E-state index in [0.29, 0.717) is 17.4 Å². The molecule has 1 aromatic rings. The first-order chi connectivity index (χ1) is 9.63. The summed E-state index contributed by atoms with van der Waals surface area (Å²) in [7, 11) is 1.60. The van der Waals surface area contributed by atoms with Crippen LogP contribution in [0.1, 0.15) is 37.0 Å². The fourth-order valence-corrected chi connectivity index (χ4v) is 2.54. The molecule has 0 aliphatic carbocycles. The average Bonchev–Trinajstić information content (AvgIpc) is 2.48. The van der Waals surface area contributed by atoms with Gasteiger partial charge in [-0.05, 0) is 44.9 Å². The SMILES string of the molecule is COc1cc(C=O)ccc1OC1CCN(C(C)C)CC1. The molecule has 20 heavy (non-hydrogen) atoms. The van der Waals surface area contributed by atoms with E-state index in [0.717, 1.165) is 38.0 Å². The van der Waals surface area contributed by atoms with Gasteiger partial charge in [-0.1, -0.05) is 0 Å². The zero-order valence-corrected chi connectivity index (χ0v) is 12.5. The average molecular weight is 277 g/mol. The number of nitrogens with zero attached hydrogens (tertiary/aromatic N) is 1. The monoisotopic (exact) mass is 277 g/mol. The molecular formula is C16H23NO3. The van der Waals surface area contributed by atoms with E-state index in [1.165, 1.54) is 0 Å². The molecule has 110 valence electrons. The van der Waals surface area contributed by atoms with Crippen LogP contribution in [0.2, 0.25) is 0 Å². The van der Waals surface area contributed by atoms with Crippen molar-refractivity contribution in [3.63, 3.8) is 0 Å². The lowest BCUT2D eigenvalue weighted by Crippen LogP contribution is -2.41. The molecule has 0 unspecified atom stereocenters. The molecule has 2 rings (SSSR count). The minimum absolute atomic E-state index is 0.223. The van der Waals surface area contributed by atoms with Crippen molar-refractivity contribution in [2.45, 2.75) is 38.8 Å². The van der Waals surface area contributed by atoms with Crippen molar-refractivity contribution in [2.75, 3.05) is 20.2 Å². The van der Waals surface area contributed by atoms with Gasteiger partial charge in [-0.15, -0.1) is 0 Å². The number of benzene rings is 1. The minimum atomic E-state index is 0.223. The number of carbonyl (C=O) groups excluding carboxylic acids is 1. The minimum Gasteiger partial charge on any atom is -0.493 e. The Balaban J connectivity index is 1.99. The molecule has 4 nitrogen and oxygen atoms in total. The molecule has 1 saturated heterocycles. The van der Waals surface area contributed by atoms with E-state index in [-0.39, 0.29) is 6.10 Å². The number of piperidine rings is 1. The fraction of sp³-hybridized carbons (Fsp3) is 0.562. The summed E-state index contributed by atoms with van der Waals surface area (Å²) in [4.78, 5) is 13.2. The third kappa shape index (κ3) is 3.51. The van der Waals surface area contributed by atoms with Gasteiger partial charge in [0.1, 0.15) is 12.4 Å². The predicted octanol–water partition coefficient (Wildman–Crippen LogP) is 2.76. The summed E-state index contributed by atoms with van der Waals surface area (Å²) >= 11 is 0. The molecule has 0 radical (unpaired) electrons. The van der Waals surface area contributed by atoms with Crippen LogP contribution < -0.4 is 9.47 Å². The van der Waals surface area contributed by atoms with Crippen molar-refractivity contribution in [3.05, 3.63) is 23.8 Å². The lowest BCUT2D eigenvalue weighted by atomic mass is 10.1. The highest BCUT2D eigenvalue weighted by molar-refractivity contribution is 5.76. The molecule has 0 bridgehead atoms. The number of methoxy groups -OCH3 is 1. The van der Waals surface area contributed by atoms with Crippen LogP contribution in [0.3, 0.4) is 0 Å². The number of hydrogen-bond donors (Lipinski definition) is 0. The lowest BCUT2D eigenvalue weighted by molar-refractivity contribution is 0.0823. The van der Waals surface area contributed by atoms with Crippen LogP contribution in [0, 0.1) is 0 Å². The van der Waals surface area contributed by atoms with Crippen LogP contribution in [-0.4, -0.2) is 43.5 Å². The van der Waals surface area contributed by atoms with Gasteiger partial charge in [-0.2, -0.15) is 0 Å². The summed E-state index contributed by atoms with van der Waals surface area (Å²) < 4.78 is 11.3. The van der Waals surface area contributed by atoms with Gasteiger partial charge in [0.15, 0.2) is 11.5 Å². The van der Waals surface area contributed by atoms with Crippen molar-refractivity contribution in [2.24, 2.45) is 0 Å². The Morgan fingerprint density at radius 1 is 1.25 bits per heavy atom. The number of likely N-dealkylation sites (tertiary alicyclic amines) is 1. The van der Waals surface area contributed by atoms with Crippen LogP contribution in [0.15, 0.2) is 18.2 Å². The van der Waals surface area contributed by atoms with E-state index in [4.69, 9.17) is 9.47 Å². The third-order valence-electron chi connectivity index (χ3n) is 3.82. The molecule has 1 heterocycles. The number of hydrogen-bond acceptors (Lipinski definition) is 4. The molecule has 0 N–H and O–H groups in total. The zero-order chi connectivity index (χ0) is 14.5. The molecule has 1 aliphatic heterocycles. The van der Waals surface area contributed by atoms with Crippen molar-refractivity contribution < 1.29 is 14.3 Å². The predicted molar refractivity (Wildman–Crippen MR) is 78.7 cm³/mol. The summed E-state index contributed by atoms with van der Waals surface area (Å²) in [6.07, 6.45) is 3.09. The second-order valence-corrected chi connectivity index (χ2v) is 5.48. The third-order valence-corrected chi connectivity index (χ3v) is 3.82. The molecular weight excluding hydrogens is 254 g/mol. The second-order valence-electron chi connectivity index (χ2n) is 5.48. The lowest BCUT2D eigenvalue weighted by Gasteiger charge is -2.34. The summed E-state index contributed by atoms with van der Waals surface area (Å²) in [5.41, 5.74) is 0.601. The maximum absolute atomic E-state index is 10.8. The van der Waals surface area contributed by atoms with Gasteiger partial charge in [0, 0.05) is 24.7 Å². The highest BCUT2D eigenvalue weighted by Crippen LogP contribution is 2.30. The van der Waals surface area contributed by atoms with E-state index < -0.39 is 0 Å². The van der Waals surface area contributed by atoms with Crippen molar-refractivity contribution >= 4 is 6.29 Å². The number of ether oxygens (including phenoxy) is 2. The number of rotatable bonds is 5. The van der Waals surface area contributed by atoms with Gasteiger partial charge in [-0.3, -0.25) is 4.79 Å². The maximum Gasteiger partial charge on any atom is 0.161 e. The van der Waals surface area contributed by atoms with Gasteiger partial charge in [0.25, 0.3) is 0 Å². The second kappa shape index (κ2) is 6.75. The zero-order valence-electron chi connectivity index (χ0n) is 12.5. The molecule has 1 aliphatic rings. The normalized spacial score (nSPS) is 17.2. The van der Waals surface area contributed by atoms with Crippen LogP contribution >= 0.6 is 0 Å². The molecule has 0 spiro atoms. The smallest absolute Gasteiger partial charge is 0.161 e. The maximum atomic E-state index is 10.8. The van der Waals surface area contributed by atoms with Gasteiger partial charge >= 0.3 is 0 Å². The van der Waals surface area contributed by atoms with E-state index >= 15 is 0 Å².